The van der Waals surface area contributed by atoms with Gasteiger partial charge in [0, 0.05) is 16.3 Å². The van der Waals surface area contributed by atoms with Crippen LogP contribution in [0.5, 0.6) is 0 Å². The highest BCUT2D eigenvalue weighted by Gasteiger charge is 2.66. The van der Waals surface area contributed by atoms with Gasteiger partial charge < -0.3 is 4.90 Å². The minimum absolute atomic E-state index is 0.183. The van der Waals surface area contributed by atoms with E-state index in [4.69, 9.17) is 15.0 Å². The van der Waals surface area contributed by atoms with Crippen LogP contribution in [0.2, 0.25) is 0 Å². The van der Waals surface area contributed by atoms with Crippen molar-refractivity contribution in [3.05, 3.63) is 78.9 Å². The number of aliphatic imine (C=N–C) groups is 1. The summed E-state index contributed by atoms with van der Waals surface area (Å²) in [6, 6.07) is 27.6. The van der Waals surface area contributed by atoms with Crippen LogP contribution in [0.25, 0.3) is 43.8 Å². The van der Waals surface area contributed by atoms with Gasteiger partial charge in [-0.2, -0.15) is 0 Å². The fourth-order valence-corrected chi connectivity index (χ4v) is 6.81. The number of anilines is 1. The molecule has 1 saturated heterocycles. The van der Waals surface area contributed by atoms with Gasteiger partial charge in [0.1, 0.15) is 5.69 Å². The fraction of sp³-hybridized carbons (Fsp3) is 0.343. The Morgan fingerprint density at radius 1 is 0.525 bits per heavy atom. The van der Waals surface area contributed by atoms with Crippen LogP contribution in [0, 0.1) is 0 Å². The normalized spacial score (nSPS) is 20.4. The average molecular weight is 528 g/mol. The number of hydrogen-bond acceptors (Lipinski definition) is 5. The molecule has 5 nitrogen and oxygen atoms in total. The van der Waals surface area contributed by atoms with Crippen molar-refractivity contribution in [2.75, 3.05) is 4.90 Å². The second kappa shape index (κ2) is 7.81. The van der Waals surface area contributed by atoms with Crippen LogP contribution < -0.4 is 4.90 Å². The van der Waals surface area contributed by atoms with E-state index in [-0.39, 0.29) is 22.2 Å². The van der Waals surface area contributed by atoms with Gasteiger partial charge in [0.25, 0.3) is 0 Å². The molecule has 3 heterocycles. The first kappa shape index (κ1) is 25.0. The highest BCUT2D eigenvalue weighted by Crippen LogP contribution is 2.54. The molecule has 2 aliphatic rings. The summed E-state index contributed by atoms with van der Waals surface area (Å²) in [4.78, 5) is 21.4. The highest BCUT2D eigenvalue weighted by molar-refractivity contribution is 6.23. The highest BCUT2D eigenvalue weighted by atomic mass is 15.6. The van der Waals surface area contributed by atoms with E-state index in [9.17, 15) is 0 Å². The fourth-order valence-electron chi connectivity index (χ4n) is 6.81. The third-order valence-electron chi connectivity index (χ3n) is 10.2. The minimum atomic E-state index is -0.321. The van der Waals surface area contributed by atoms with Gasteiger partial charge in [-0.3, -0.25) is 4.90 Å². The van der Waals surface area contributed by atoms with Crippen molar-refractivity contribution < 1.29 is 0 Å². The van der Waals surface area contributed by atoms with Gasteiger partial charge in [-0.1, -0.05) is 78.9 Å². The number of rotatable bonds is 2. The summed E-state index contributed by atoms with van der Waals surface area (Å²) in [6.45, 7) is 18.4. The first-order valence-corrected chi connectivity index (χ1v) is 14.2. The predicted molar refractivity (Wildman–Crippen MR) is 168 cm³/mol. The van der Waals surface area contributed by atoms with Crippen LogP contribution in [0.4, 0.5) is 5.82 Å². The van der Waals surface area contributed by atoms with Crippen LogP contribution in [-0.2, 0) is 0 Å². The number of aromatic nitrogens is 2. The summed E-state index contributed by atoms with van der Waals surface area (Å²) in [5.41, 5.74) is 2.79. The molecule has 7 rings (SSSR count). The maximum absolute atomic E-state index is 5.58. The molecule has 5 aromatic rings. The van der Waals surface area contributed by atoms with Crippen LogP contribution >= 0.6 is 0 Å². The second-order valence-electron chi connectivity index (χ2n) is 13.4. The summed E-state index contributed by atoms with van der Waals surface area (Å²) in [5, 5.41) is 4.63. The number of nitrogens with zero attached hydrogens (tertiary/aromatic N) is 5. The molecule has 0 saturated carbocycles. The maximum Gasteiger partial charge on any atom is 0.204 e. The Bertz CT molecular complexity index is 1860. The first-order chi connectivity index (χ1) is 18.9. The van der Waals surface area contributed by atoms with Gasteiger partial charge in [-0.15, -0.1) is 0 Å². The molecule has 0 amide bonds. The molecule has 2 aliphatic heterocycles. The molecule has 1 aromatic heterocycles. The van der Waals surface area contributed by atoms with E-state index in [0.29, 0.717) is 0 Å². The Kier molecular flexibility index (Phi) is 4.88. The Labute approximate surface area is 236 Å². The molecule has 4 aromatic carbocycles. The number of guanidine groups is 1. The number of benzene rings is 4. The van der Waals surface area contributed by atoms with E-state index in [1.807, 2.05) is 0 Å². The summed E-state index contributed by atoms with van der Waals surface area (Å²) in [5.74, 6) is 1.83. The zero-order valence-corrected chi connectivity index (χ0v) is 24.7. The van der Waals surface area contributed by atoms with E-state index in [1.54, 1.807) is 0 Å². The Morgan fingerprint density at radius 3 is 1.60 bits per heavy atom. The van der Waals surface area contributed by atoms with Crippen LogP contribution in [0.3, 0.4) is 0 Å². The first-order valence-electron chi connectivity index (χ1n) is 14.2. The largest absolute Gasteiger partial charge is 0.327 e. The van der Waals surface area contributed by atoms with Crippen LogP contribution in [0.15, 0.2) is 83.9 Å². The lowest BCUT2D eigenvalue weighted by molar-refractivity contribution is 0.0528. The molecule has 1 fully saturated rings. The quantitative estimate of drug-likeness (QED) is 0.217. The van der Waals surface area contributed by atoms with Gasteiger partial charge in [0.2, 0.25) is 5.96 Å². The molecule has 0 N–H and O–H groups in total. The molecule has 0 bridgehead atoms. The zero-order valence-electron chi connectivity index (χ0n) is 24.7. The SMILES string of the molecule is CC1(C)N=C2N(c3nc4c5ccccc5c5ccccc5c4nc3-c3ccccc3)C(C)(C)C(C)(C)N2C1(C)C. The lowest BCUT2D eigenvalue weighted by Crippen LogP contribution is -2.63. The second-order valence-corrected chi connectivity index (χ2v) is 13.4. The molecule has 0 aliphatic carbocycles. The summed E-state index contributed by atoms with van der Waals surface area (Å²) in [7, 11) is 0. The van der Waals surface area contributed by atoms with Gasteiger partial charge in [-0.05, 0) is 66.2 Å². The van der Waals surface area contributed by atoms with Crippen molar-refractivity contribution in [2.24, 2.45) is 4.99 Å². The summed E-state index contributed by atoms with van der Waals surface area (Å²) < 4.78 is 0. The summed E-state index contributed by atoms with van der Waals surface area (Å²) >= 11 is 0. The molecule has 0 spiro atoms. The van der Waals surface area contributed by atoms with Gasteiger partial charge >= 0.3 is 0 Å². The lowest BCUT2D eigenvalue weighted by Gasteiger charge is -2.50. The maximum atomic E-state index is 5.58. The Morgan fingerprint density at radius 2 is 1.02 bits per heavy atom. The van der Waals surface area contributed by atoms with Crippen LogP contribution in [-0.4, -0.2) is 43.0 Å². The van der Waals surface area contributed by atoms with Crippen LogP contribution in [0.1, 0.15) is 55.4 Å². The third-order valence-corrected chi connectivity index (χ3v) is 10.2. The van der Waals surface area contributed by atoms with Crippen molar-refractivity contribution in [1.82, 2.24) is 14.9 Å². The Hall–Kier alpha value is -3.99. The Balaban J connectivity index is 1.64. The van der Waals surface area contributed by atoms with E-state index in [1.165, 1.54) is 10.8 Å². The lowest BCUT2D eigenvalue weighted by atomic mass is 9.76. The average Bonchev–Trinajstić information content (AvgIpc) is 3.21. The van der Waals surface area contributed by atoms with E-state index in [0.717, 1.165) is 44.8 Å². The topological polar surface area (TPSA) is 44.6 Å². The predicted octanol–water partition coefficient (Wildman–Crippen LogP) is 8.21. The van der Waals surface area contributed by atoms with Crippen molar-refractivity contribution in [2.45, 2.75) is 77.5 Å². The van der Waals surface area contributed by atoms with Crippen molar-refractivity contribution in [3.8, 4) is 11.3 Å². The van der Waals surface area contributed by atoms with E-state index < -0.39 is 0 Å². The number of hydrogen-bond donors (Lipinski definition) is 0. The smallest absolute Gasteiger partial charge is 0.204 e. The van der Waals surface area contributed by atoms with Gasteiger partial charge in [-0.25, -0.2) is 15.0 Å². The van der Waals surface area contributed by atoms with E-state index >= 15 is 0 Å². The molecule has 40 heavy (non-hydrogen) atoms. The number of fused-ring (bicyclic) bond motifs is 7. The molecule has 0 unspecified atom stereocenters. The third kappa shape index (κ3) is 3.01. The molecule has 0 radical (unpaired) electrons. The van der Waals surface area contributed by atoms with Gasteiger partial charge in [0.15, 0.2) is 5.82 Å². The molecule has 0 atom stereocenters. The molecular weight excluding hydrogens is 490 g/mol. The molecular formula is C35H37N5. The molecule has 202 valence electrons. The zero-order chi connectivity index (χ0) is 28.2. The molecule has 5 heteroatoms. The minimum Gasteiger partial charge on any atom is -0.327 e. The van der Waals surface area contributed by atoms with Gasteiger partial charge in [0.05, 0.1) is 33.2 Å². The van der Waals surface area contributed by atoms with Crippen molar-refractivity contribution >= 4 is 44.4 Å². The van der Waals surface area contributed by atoms with Crippen molar-refractivity contribution in [1.29, 1.82) is 0 Å². The van der Waals surface area contributed by atoms with E-state index in [2.05, 4.69) is 144 Å². The standard InChI is InChI=1S/C35H37N5/c1-32(2)33(3,4)40-31(38-32)39(34(5,6)35(40,7)8)30-27(22-16-10-9-11-17-22)36-28-25-20-14-12-18-23(25)24-19-13-15-21-26(24)29(28)37-30/h9-21H,1-8H3. The van der Waals surface area contributed by atoms with Crippen molar-refractivity contribution in [3.63, 3.8) is 0 Å². The summed E-state index contributed by atoms with van der Waals surface area (Å²) in [6.07, 6.45) is 0. The monoisotopic (exact) mass is 527 g/mol.